The van der Waals surface area contributed by atoms with Crippen molar-refractivity contribution in [2.75, 3.05) is 0 Å². The van der Waals surface area contributed by atoms with Gasteiger partial charge in [-0.3, -0.25) is 4.90 Å². The van der Waals surface area contributed by atoms with Gasteiger partial charge in [0.15, 0.2) is 0 Å². The van der Waals surface area contributed by atoms with Crippen molar-refractivity contribution in [1.82, 2.24) is 4.90 Å². The summed E-state index contributed by atoms with van der Waals surface area (Å²) in [5.41, 5.74) is 0.887. The Labute approximate surface area is 150 Å². The van der Waals surface area contributed by atoms with Gasteiger partial charge in [0.25, 0.3) is 0 Å². The number of carbonyl (C=O) groups excluding carboxylic acids is 1. The average molecular weight is 347 g/mol. The maximum Gasteiger partial charge on any atom is 0.411 e. The van der Waals surface area contributed by atoms with Gasteiger partial charge in [0.2, 0.25) is 0 Å². The molecule has 1 saturated carbocycles. The van der Waals surface area contributed by atoms with E-state index in [2.05, 4.69) is 6.92 Å². The highest BCUT2D eigenvalue weighted by molar-refractivity contribution is 5.80. The molecule has 0 saturated heterocycles. The zero-order chi connectivity index (χ0) is 18.4. The molecule has 0 aromatic heterocycles. The lowest BCUT2D eigenvalue weighted by Crippen LogP contribution is -2.53. The fourth-order valence-electron chi connectivity index (χ4n) is 3.75. The van der Waals surface area contributed by atoms with Crippen molar-refractivity contribution < 1.29 is 19.4 Å². The van der Waals surface area contributed by atoms with Crippen molar-refractivity contribution in [3.8, 4) is 0 Å². The van der Waals surface area contributed by atoms with Crippen LogP contribution < -0.4 is 0 Å². The summed E-state index contributed by atoms with van der Waals surface area (Å²) in [6, 6.07) is 8.36. The van der Waals surface area contributed by atoms with Gasteiger partial charge in [-0.25, -0.2) is 9.59 Å². The summed E-state index contributed by atoms with van der Waals surface area (Å²) in [5.74, 6) is -0.465. The zero-order valence-electron chi connectivity index (χ0n) is 15.4. The first-order valence-electron chi connectivity index (χ1n) is 9.12. The third kappa shape index (κ3) is 5.21. The number of aliphatic carboxylic acids is 1. The number of hydrogen-bond acceptors (Lipinski definition) is 3. The normalized spacial score (nSPS) is 21.6. The average Bonchev–Trinajstić information content (AvgIpc) is 2.57. The molecule has 1 aliphatic rings. The maximum atomic E-state index is 12.7. The monoisotopic (exact) mass is 347 g/mol. The molecule has 1 aliphatic carbocycles. The van der Waals surface area contributed by atoms with Gasteiger partial charge in [0.1, 0.15) is 12.6 Å². The number of carboxylic acids is 1. The number of amides is 1. The summed E-state index contributed by atoms with van der Waals surface area (Å²) in [7, 11) is 0. The van der Waals surface area contributed by atoms with Gasteiger partial charge < -0.3 is 9.84 Å². The highest BCUT2D eigenvalue weighted by atomic mass is 16.6. The lowest BCUT2D eigenvalue weighted by atomic mass is 9.78. The minimum Gasteiger partial charge on any atom is -0.480 e. The lowest BCUT2D eigenvalue weighted by molar-refractivity contribution is -0.146. The van der Waals surface area contributed by atoms with Crippen molar-refractivity contribution in [3.05, 3.63) is 35.9 Å². The largest absolute Gasteiger partial charge is 0.480 e. The number of hydrogen-bond donors (Lipinski definition) is 1. The second-order valence-corrected chi connectivity index (χ2v) is 7.36. The molecule has 0 aliphatic heterocycles. The Hall–Kier alpha value is -2.04. The molecule has 1 fully saturated rings. The van der Waals surface area contributed by atoms with Crippen molar-refractivity contribution in [2.45, 2.75) is 65.1 Å². The Bertz CT molecular complexity index is 572. The van der Waals surface area contributed by atoms with E-state index in [0.29, 0.717) is 5.92 Å². The first-order valence-corrected chi connectivity index (χ1v) is 9.12. The van der Waals surface area contributed by atoms with E-state index in [-0.39, 0.29) is 18.6 Å². The second-order valence-electron chi connectivity index (χ2n) is 7.36. The molecule has 1 aromatic rings. The molecular weight excluding hydrogens is 318 g/mol. The third-order valence-corrected chi connectivity index (χ3v) is 4.95. The van der Waals surface area contributed by atoms with E-state index in [4.69, 9.17) is 4.74 Å². The van der Waals surface area contributed by atoms with Crippen LogP contribution in [0.3, 0.4) is 0 Å². The lowest BCUT2D eigenvalue weighted by Gasteiger charge is -2.39. The molecule has 1 amide bonds. The number of carboxylic acid groups (broad SMARTS) is 1. The van der Waals surface area contributed by atoms with Gasteiger partial charge in [-0.2, -0.15) is 0 Å². The van der Waals surface area contributed by atoms with E-state index in [0.717, 1.165) is 31.2 Å². The van der Waals surface area contributed by atoms with Crippen molar-refractivity contribution in [2.24, 2.45) is 11.8 Å². The van der Waals surface area contributed by atoms with Gasteiger partial charge in [0, 0.05) is 6.04 Å². The Kier molecular flexibility index (Phi) is 6.85. The van der Waals surface area contributed by atoms with Gasteiger partial charge >= 0.3 is 12.1 Å². The molecule has 2 rings (SSSR count). The minimum absolute atomic E-state index is 0.0204. The fourth-order valence-corrected chi connectivity index (χ4v) is 3.75. The maximum absolute atomic E-state index is 12.7. The molecule has 25 heavy (non-hydrogen) atoms. The van der Waals surface area contributed by atoms with E-state index in [9.17, 15) is 14.7 Å². The van der Waals surface area contributed by atoms with Crippen LogP contribution in [-0.4, -0.2) is 34.2 Å². The molecule has 0 radical (unpaired) electrons. The Morgan fingerprint density at radius 1 is 1.24 bits per heavy atom. The van der Waals surface area contributed by atoms with Crippen LogP contribution in [0.15, 0.2) is 30.3 Å². The van der Waals surface area contributed by atoms with Crippen LogP contribution in [0.2, 0.25) is 0 Å². The van der Waals surface area contributed by atoms with Crippen LogP contribution in [0.25, 0.3) is 0 Å². The van der Waals surface area contributed by atoms with Gasteiger partial charge in [-0.15, -0.1) is 0 Å². The van der Waals surface area contributed by atoms with Crippen LogP contribution in [0.5, 0.6) is 0 Å². The SMILES string of the molecule is CC1CCCC(C(C(=O)O)N(C(=O)OCc2ccccc2)C(C)C)C1. The molecule has 5 heteroatoms. The number of ether oxygens (including phenoxy) is 1. The summed E-state index contributed by atoms with van der Waals surface area (Å²) in [6.07, 6.45) is 3.27. The zero-order valence-corrected chi connectivity index (χ0v) is 15.4. The molecule has 0 bridgehead atoms. The molecule has 3 unspecified atom stereocenters. The summed E-state index contributed by atoms with van der Waals surface area (Å²) < 4.78 is 5.42. The Morgan fingerprint density at radius 3 is 2.48 bits per heavy atom. The number of rotatable bonds is 6. The predicted octanol–water partition coefficient (Wildman–Crippen LogP) is 4.31. The third-order valence-electron chi connectivity index (χ3n) is 4.95. The topological polar surface area (TPSA) is 66.8 Å². The smallest absolute Gasteiger partial charge is 0.411 e. The molecule has 1 aromatic carbocycles. The first-order chi connectivity index (χ1) is 11.9. The second kappa shape index (κ2) is 8.88. The van der Waals surface area contributed by atoms with Crippen LogP contribution in [0, 0.1) is 11.8 Å². The molecule has 1 N–H and O–H groups in total. The van der Waals surface area contributed by atoms with Crippen molar-refractivity contribution >= 4 is 12.1 Å². The molecule has 0 heterocycles. The number of nitrogens with zero attached hydrogens (tertiary/aromatic N) is 1. The molecule has 3 atom stereocenters. The van der Waals surface area contributed by atoms with Crippen LogP contribution in [0.4, 0.5) is 4.79 Å². The number of benzene rings is 1. The standard InChI is InChI=1S/C20H29NO4/c1-14(2)21(20(24)25-13-16-9-5-4-6-10-16)18(19(22)23)17-11-7-8-15(3)12-17/h4-6,9-10,14-15,17-18H,7-8,11-13H2,1-3H3,(H,22,23). The molecular formula is C20H29NO4. The van der Waals surface area contributed by atoms with E-state index >= 15 is 0 Å². The highest BCUT2D eigenvalue weighted by Crippen LogP contribution is 2.34. The Balaban J connectivity index is 2.12. The molecule has 0 spiro atoms. The van der Waals surface area contributed by atoms with Gasteiger partial charge in [0.05, 0.1) is 0 Å². The molecule has 138 valence electrons. The highest BCUT2D eigenvalue weighted by Gasteiger charge is 2.40. The minimum atomic E-state index is -0.940. The first kappa shape index (κ1) is 19.3. The molecule has 5 nitrogen and oxygen atoms in total. The Morgan fingerprint density at radius 2 is 1.92 bits per heavy atom. The van der Waals surface area contributed by atoms with E-state index in [1.54, 1.807) is 0 Å². The van der Waals surface area contributed by atoms with E-state index in [1.807, 2.05) is 44.2 Å². The summed E-state index contributed by atoms with van der Waals surface area (Å²) in [5, 5.41) is 9.82. The summed E-state index contributed by atoms with van der Waals surface area (Å²) in [4.78, 5) is 26.1. The van der Waals surface area contributed by atoms with Crippen LogP contribution in [-0.2, 0) is 16.1 Å². The van der Waals surface area contributed by atoms with E-state index < -0.39 is 18.1 Å². The van der Waals surface area contributed by atoms with E-state index in [1.165, 1.54) is 4.90 Å². The van der Waals surface area contributed by atoms with Crippen molar-refractivity contribution in [3.63, 3.8) is 0 Å². The summed E-state index contributed by atoms with van der Waals surface area (Å²) >= 11 is 0. The van der Waals surface area contributed by atoms with Crippen molar-refractivity contribution in [1.29, 1.82) is 0 Å². The van der Waals surface area contributed by atoms with Crippen LogP contribution in [0.1, 0.15) is 52.0 Å². The van der Waals surface area contributed by atoms with Crippen LogP contribution >= 0.6 is 0 Å². The predicted molar refractivity (Wildman–Crippen MR) is 96.1 cm³/mol. The summed E-state index contributed by atoms with van der Waals surface area (Å²) in [6.45, 7) is 5.98. The fraction of sp³-hybridized carbons (Fsp3) is 0.600. The van der Waals surface area contributed by atoms with Gasteiger partial charge in [-0.05, 0) is 44.1 Å². The number of carbonyl (C=O) groups is 2. The quantitative estimate of drug-likeness (QED) is 0.832. The van der Waals surface area contributed by atoms with Gasteiger partial charge in [-0.1, -0.05) is 50.1 Å².